The zero-order valence-corrected chi connectivity index (χ0v) is 13.2. The van der Waals surface area contributed by atoms with Crippen molar-refractivity contribution < 1.29 is 19.1 Å². The van der Waals surface area contributed by atoms with Crippen molar-refractivity contribution in [3.05, 3.63) is 36.4 Å². The van der Waals surface area contributed by atoms with E-state index in [0.717, 1.165) is 17.9 Å². The number of ether oxygens (including phenoxy) is 2. The zero-order chi connectivity index (χ0) is 16.4. The fourth-order valence-electron chi connectivity index (χ4n) is 1.45. The lowest BCUT2D eigenvalue weighted by Crippen LogP contribution is -2.32. The Balaban J connectivity index is 2.45. The molecule has 0 heterocycles. The Kier molecular flexibility index (Phi) is 7.63. The summed E-state index contributed by atoms with van der Waals surface area (Å²) < 4.78 is 9.98. The van der Waals surface area contributed by atoms with Gasteiger partial charge in [0.2, 0.25) is 5.91 Å². The molecule has 0 aromatic heterocycles. The highest BCUT2D eigenvalue weighted by Gasteiger charge is 2.03. The van der Waals surface area contributed by atoms with Crippen LogP contribution in [0.25, 0.3) is 0 Å². The molecule has 0 bridgehead atoms. The second-order valence-corrected chi connectivity index (χ2v) is 4.39. The van der Waals surface area contributed by atoms with Crippen molar-refractivity contribution in [2.45, 2.75) is 13.8 Å². The first-order chi connectivity index (χ1) is 10.5. The Hall–Kier alpha value is -2.41. The maximum atomic E-state index is 11.5. The van der Waals surface area contributed by atoms with E-state index < -0.39 is 11.9 Å². The van der Waals surface area contributed by atoms with Crippen molar-refractivity contribution in [1.82, 2.24) is 5.32 Å². The van der Waals surface area contributed by atoms with Crippen molar-refractivity contribution >= 4 is 34.9 Å². The highest BCUT2D eigenvalue weighted by atomic mass is 32.1. The van der Waals surface area contributed by atoms with Crippen LogP contribution in [-0.4, -0.2) is 30.2 Å². The predicted molar refractivity (Wildman–Crippen MR) is 87.7 cm³/mol. The van der Waals surface area contributed by atoms with Gasteiger partial charge in [-0.25, -0.2) is 4.79 Å². The number of hydrogen-bond donors (Lipinski definition) is 2. The number of hydrogen-bond acceptors (Lipinski definition) is 5. The molecular weight excluding hydrogens is 304 g/mol. The quantitative estimate of drug-likeness (QED) is 0.474. The Morgan fingerprint density at radius 2 is 1.82 bits per heavy atom. The van der Waals surface area contributed by atoms with Gasteiger partial charge in [-0.2, -0.15) is 0 Å². The van der Waals surface area contributed by atoms with Crippen LogP contribution >= 0.6 is 12.2 Å². The average Bonchev–Trinajstić information content (AvgIpc) is 2.48. The van der Waals surface area contributed by atoms with E-state index in [1.165, 1.54) is 0 Å². The lowest BCUT2D eigenvalue weighted by atomic mass is 10.3. The maximum absolute atomic E-state index is 11.5. The number of carbonyl (C=O) groups is 2. The summed E-state index contributed by atoms with van der Waals surface area (Å²) in [6.45, 7) is 4.43. The van der Waals surface area contributed by atoms with Gasteiger partial charge in [0, 0.05) is 17.8 Å². The molecular formula is C15H18N2O4S. The average molecular weight is 322 g/mol. The van der Waals surface area contributed by atoms with Crippen LogP contribution in [0.3, 0.4) is 0 Å². The number of rotatable bonds is 6. The maximum Gasteiger partial charge on any atom is 0.330 e. The summed E-state index contributed by atoms with van der Waals surface area (Å²) in [7, 11) is 0. The normalized spacial score (nSPS) is 10.1. The highest BCUT2D eigenvalue weighted by Crippen LogP contribution is 2.15. The predicted octanol–water partition coefficient (Wildman–Crippen LogP) is 2.02. The van der Waals surface area contributed by atoms with Crippen LogP contribution in [0, 0.1) is 0 Å². The Morgan fingerprint density at radius 1 is 1.14 bits per heavy atom. The summed E-state index contributed by atoms with van der Waals surface area (Å²) in [5, 5.41) is 5.40. The highest BCUT2D eigenvalue weighted by molar-refractivity contribution is 7.80. The van der Waals surface area contributed by atoms with Crippen LogP contribution in [0.2, 0.25) is 0 Å². The van der Waals surface area contributed by atoms with Gasteiger partial charge in [-0.15, -0.1) is 0 Å². The summed E-state index contributed by atoms with van der Waals surface area (Å²) in [6.07, 6.45) is 2.10. The first-order valence-corrected chi connectivity index (χ1v) is 7.15. The summed E-state index contributed by atoms with van der Waals surface area (Å²) in [4.78, 5) is 22.6. The van der Waals surface area contributed by atoms with Gasteiger partial charge in [0.25, 0.3) is 0 Å². The van der Waals surface area contributed by atoms with Gasteiger partial charge < -0.3 is 14.8 Å². The number of nitrogens with one attached hydrogen (secondary N) is 2. The number of amides is 1. The molecule has 0 unspecified atom stereocenters. The summed E-state index contributed by atoms with van der Waals surface area (Å²) in [5.74, 6) is -0.347. The van der Waals surface area contributed by atoms with Crippen LogP contribution in [0.15, 0.2) is 36.4 Å². The van der Waals surface area contributed by atoms with Crippen LogP contribution < -0.4 is 15.4 Å². The third-order valence-electron chi connectivity index (χ3n) is 2.32. The number of benzene rings is 1. The molecule has 0 atom stereocenters. The van der Waals surface area contributed by atoms with E-state index in [0.29, 0.717) is 12.3 Å². The first kappa shape index (κ1) is 17.6. The van der Waals surface area contributed by atoms with Crippen molar-refractivity contribution in [2.75, 3.05) is 18.5 Å². The summed E-state index contributed by atoms with van der Waals surface area (Å²) in [5.41, 5.74) is 0.711. The molecule has 6 nitrogen and oxygen atoms in total. The van der Waals surface area contributed by atoms with E-state index in [9.17, 15) is 9.59 Å². The lowest BCUT2D eigenvalue weighted by molar-refractivity contribution is -0.137. The van der Waals surface area contributed by atoms with E-state index in [-0.39, 0.29) is 11.7 Å². The summed E-state index contributed by atoms with van der Waals surface area (Å²) >= 11 is 5.00. The summed E-state index contributed by atoms with van der Waals surface area (Å²) in [6, 6.07) is 7.13. The standard InChI is InChI=1S/C15H18N2O4S/c1-3-20-12-7-5-11(6-8-12)16-15(22)17-13(18)9-10-14(19)21-4-2/h5-10H,3-4H2,1-2H3,(H2,16,17,18,22)/b10-9+. The molecule has 0 saturated carbocycles. The molecule has 1 amide bonds. The minimum atomic E-state index is -0.581. The molecule has 0 aliphatic carbocycles. The fourth-order valence-corrected chi connectivity index (χ4v) is 1.67. The molecule has 0 fully saturated rings. The molecule has 118 valence electrons. The van der Waals surface area contributed by atoms with E-state index in [4.69, 9.17) is 17.0 Å². The van der Waals surface area contributed by atoms with Gasteiger partial charge in [0.05, 0.1) is 13.2 Å². The Bertz CT molecular complexity index is 555. The molecule has 0 radical (unpaired) electrons. The van der Waals surface area contributed by atoms with Gasteiger partial charge in [-0.05, 0) is 50.3 Å². The van der Waals surface area contributed by atoms with E-state index in [2.05, 4.69) is 15.4 Å². The second kappa shape index (κ2) is 9.51. The first-order valence-electron chi connectivity index (χ1n) is 6.74. The molecule has 1 aromatic rings. The molecule has 7 heteroatoms. The Morgan fingerprint density at radius 3 is 2.41 bits per heavy atom. The largest absolute Gasteiger partial charge is 0.494 e. The Labute approximate surface area is 134 Å². The van der Waals surface area contributed by atoms with Crippen molar-refractivity contribution in [2.24, 2.45) is 0 Å². The lowest BCUT2D eigenvalue weighted by Gasteiger charge is -2.09. The van der Waals surface area contributed by atoms with Crippen molar-refractivity contribution in [1.29, 1.82) is 0 Å². The van der Waals surface area contributed by atoms with Crippen LogP contribution in [0.5, 0.6) is 5.75 Å². The van der Waals surface area contributed by atoms with Crippen LogP contribution in [0.4, 0.5) is 5.69 Å². The smallest absolute Gasteiger partial charge is 0.330 e. The number of esters is 1. The molecule has 0 spiro atoms. The second-order valence-electron chi connectivity index (χ2n) is 3.99. The zero-order valence-electron chi connectivity index (χ0n) is 12.4. The number of thiocarbonyl (C=S) groups is 1. The molecule has 1 rings (SSSR count). The van der Waals surface area contributed by atoms with E-state index >= 15 is 0 Å². The van der Waals surface area contributed by atoms with Gasteiger partial charge in [0.15, 0.2) is 5.11 Å². The fraction of sp³-hybridized carbons (Fsp3) is 0.267. The monoisotopic (exact) mass is 322 g/mol. The minimum Gasteiger partial charge on any atom is -0.494 e. The van der Waals surface area contributed by atoms with Gasteiger partial charge in [-0.3, -0.25) is 10.1 Å². The molecule has 1 aromatic carbocycles. The van der Waals surface area contributed by atoms with Crippen molar-refractivity contribution in [3.8, 4) is 5.75 Å². The SMILES string of the molecule is CCOC(=O)/C=C/C(=O)NC(=S)Nc1ccc(OCC)cc1. The molecule has 0 saturated heterocycles. The van der Waals surface area contributed by atoms with E-state index in [1.807, 2.05) is 6.92 Å². The van der Waals surface area contributed by atoms with Gasteiger partial charge in [-0.1, -0.05) is 0 Å². The van der Waals surface area contributed by atoms with Crippen LogP contribution in [0.1, 0.15) is 13.8 Å². The molecule has 2 N–H and O–H groups in total. The van der Waals surface area contributed by atoms with Gasteiger partial charge >= 0.3 is 5.97 Å². The molecule has 0 aliphatic rings. The van der Waals surface area contributed by atoms with Crippen LogP contribution in [-0.2, 0) is 14.3 Å². The van der Waals surface area contributed by atoms with Gasteiger partial charge in [0.1, 0.15) is 5.75 Å². The number of anilines is 1. The minimum absolute atomic E-state index is 0.127. The molecule has 0 aliphatic heterocycles. The number of carbonyl (C=O) groups excluding carboxylic acids is 2. The van der Waals surface area contributed by atoms with E-state index in [1.54, 1.807) is 31.2 Å². The third kappa shape index (κ3) is 6.85. The third-order valence-corrected chi connectivity index (χ3v) is 2.52. The topological polar surface area (TPSA) is 76.7 Å². The van der Waals surface area contributed by atoms with Crippen molar-refractivity contribution in [3.63, 3.8) is 0 Å². The molecule has 22 heavy (non-hydrogen) atoms.